The highest BCUT2D eigenvalue weighted by atomic mass is 16.1. The molecule has 1 aliphatic rings. The fourth-order valence-corrected chi connectivity index (χ4v) is 4.42. The molecule has 3 aromatic rings. The van der Waals surface area contributed by atoms with Gasteiger partial charge in [-0.15, -0.1) is 0 Å². The molecule has 4 rings (SSSR count). The Kier molecular flexibility index (Phi) is 9.04. The zero-order valence-electron chi connectivity index (χ0n) is 22.3. The molecule has 2 N–H and O–H groups in total. The number of pyridine rings is 2. The molecule has 7 nitrogen and oxygen atoms in total. The summed E-state index contributed by atoms with van der Waals surface area (Å²) in [5.41, 5.74) is 4.66. The Hall–Kier alpha value is -3.55. The number of fused-ring (bicyclic) bond motifs is 1. The molecule has 0 aliphatic carbocycles. The smallest absolute Gasteiger partial charge is 0.259 e. The Morgan fingerprint density at radius 1 is 1.19 bits per heavy atom. The van der Waals surface area contributed by atoms with Crippen molar-refractivity contribution < 1.29 is 0 Å². The van der Waals surface area contributed by atoms with E-state index in [1.165, 1.54) is 25.1 Å². The van der Waals surface area contributed by atoms with Crippen molar-refractivity contribution in [2.75, 3.05) is 45.1 Å². The van der Waals surface area contributed by atoms with Crippen molar-refractivity contribution in [3.05, 3.63) is 82.6 Å². The summed E-state index contributed by atoms with van der Waals surface area (Å²) in [6.45, 7) is 13.7. The average molecular weight is 499 g/mol. The summed E-state index contributed by atoms with van der Waals surface area (Å²) < 4.78 is 0. The van der Waals surface area contributed by atoms with Crippen molar-refractivity contribution in [3.8, 4) is 0 Å². The van der Waals surface area contributed by atoms with E-state index in [1.54, 1.807) is 18.6 Å². The van der Waals surface area contributed by atoms with Gasteiger partial charge in [0, 0.05) is 43.9 Å². The Labute approximate surface area is 219 Å². The van der Waals surface area contributed by atoms with Crippen LogP contribution in [-0.2, 0) is 6.42 Å². The first-order valence-corrected chi connectivity index (χ1v) is 13.1. The van der Waals surface area contributed by atoms with Gasteiger partial charge in [0.2, 0.25) is 0 Å². The highest BCUT2D eigenvalue weighted by Crippen LogP contribution is 2.26. The number of benzene rings is 1. The van der Waals surface area contributed by atoms with E-state index in [1.807, 2.05) is 26.0 Å². The molecule has 0 unspecified atom stereocenters. The molecule has 0 amide bonds. The minimum atomic E-state index is -0.169. The second-order valence-corrected chi connectivity index (χ2v) is 9.80. The Morgan fingerprint density at radius 2 is 2.00 bits per heavy atom. The maximum atomic E-state index is 12.7. The predicted octanol–water partition coefficient (Wildman–Crippen LogP) is 5.24. The van der Waals surface area contributed by atoms with Crippen LogP contribution in [0, 0.1) is 0 Å². The Balaban J connectivity index is 1.52. The van der Waals surface area contributed by atoms with Gasteiger partial charge >= 0.3 is 0 Å². The van der Waals surface area contributed by atoms with E-state index in [-0.39, 0.29) is 5.56 Å². The van der Waals surface area contributed by atoms with E-state index < -0.39 is 0 Å². The van der Waals surface area contributed by atoms with Gasteiger partial charge in [-0.3, -0.25) is 9.79 Å². The minimum Gasteiger partial charge on any atom is -0.340 e. The summed E-state index contributed by atoms with van der Waals surface area (Å²) in [5, 5.41) is 4.75. The molecule has 1 fully saturated rings. The lowest BCUT2D eigenvalue weighted by Gasteiger charge is -2.20. The van der Waals surface area contributed by atoms with E-state index >= 15 is 0 Å². The standard InChI is InChI=1S/C30H38N6O/c1-5-22(2)20-31-21-23(3)27-19-25-11-13-32-30(37)28(25)29(34-27)33-26-9-7-24(8-10-26)12-16-36-15-6-14-35(4)17-18-36/h7-11,13,19-21H,2,5-6,12,14-18H2,1,3-4H3,(H,32,37)(H,33,34). The van der Waals surface area contributed by atoms with Crippen LogP contribution in [0.4, 0.5) is 11.5 Å². The van der Waals surface area contributed by atoms with Crippen LogP contribution in [0.2, 0.25) is 0 Å². The second-order valence-electron chi connectivity index (χ2n) is 9.80. The number of allylic oxidation sites excluding steroid dienone is 2. The van der Waals surface area contributed by atoms with Crippen molar-refractivity contribution in [2.45, 2.75) is 33.1 Å². The van der Waals surface area contributed by atoms with E-state index in [0.717, 1.165) is 60.4 Å². The van der Waals surface area contributed by atoms with Crippen molar-refractivity contribution in [1.29, 1.82) is 0 Å². The van der Waals surface area contributed by atoms with Crippen LogP contribution in [-0.4, -0.2) is 65.8 Å². The SMILES string of the molecule is C=C(C=NC=C(C)c1cc2cc[nH]c(=O)c2c(Nc2ccc(CCN3CCCN(C)CC3)cc2)n1)CC. The third kappa shape index (κ3) is 7.24. The molecule has 7 heteroatoms. The largest absolute Gasteiger partial charge is 0.340 e. The number of nitrogens with zero attached hydrogens (tertiary/aromatic N) is 4. The van der Waals surface area contributed by atoms with Crippen LogP contribution in [0.3, 0.4) is 0 Å². The van der Waals surface area contributed by atoms with Gasteiger partial charge in [0.15, 0.2) is 0 Å². The lowest BCUT2D eigenvalue weighted by atomic mass is 10.1. The maximum Gasteiger partial charge on any atom is 0.259 e. The zero-order valence-corrected chi connectivity index (χ0v) is 22.3. The van der Waals surface area contributed by atoms with E-state index in [0.29, 0.717) is 11.2 Å². The molecule has 0 spiro atoms. The van der Waals surface area contributed by atoms with Gasteiger partial charge in [0.25, 0.3) is 5.56 Å². The summed E-state index contributed by atoms with van der Waals surface area (Å²) in [5.74, 6) is 0.533. The number of aromatic amines is 1. The number of H-pyrrole nitrogens is 1. The van der Waals surface area contributed by atoms with Crippen molar-refractivity contribution in [1.82, 2.24) is 19.8 Å². The third-order valence-corrected chi connectivity index (χ3v) is 6.88. The van der Waals surface area contributed by atoms with Crippen LogP contribution in [0.15, 0.2) is 70.7 Å². The molecular weight excluding hydrogens is 460 g/mol. The van der Waals surface area contributed by atoms with Gasteiger partial charge in [-0.25, -0.2) is 4.98 Å². The highest BCUT2D eigenvalue weighted by molar-refractivity contribution is 5.94. The molecule has 1 aromatic carbocycles. The molecule has 3 heterocycles. The topological polar surface area (TPSA) is 76.6 Å². The number of hydrogen-bond acceptors (Lipinski definition) is 6. The van der Waals surface area contributed by atoms with Crippen LogP contribution in [0.25, 0.3) is 16.3 Å². The van der Waals surface area contributed by atoms with Crippen LogP contribution in [0.1, 0.15) is 37.9 Å². The summed E-state index contributed by atoms with van der Waals surface area (Å²) in [6, 6.07) is 12.3. The number of aromatic nitrogens is 2. The molecule has 0 radical (unpaired) electrons. The molecule has 0 bridgehead atoms. The molecular formula is C30H38N6O. The van der Waals surface area contributed by atoms with Gasteiger partial charge in [-0.05, 0) is 92.7 Å². The van der Waals surface area contributed by atoms with Gasteiger partial charge in [-0.2, -0.15) is 0 Å². The van der Waals surface area contributed by atoms with Gasteiger partial charge in [-0.1, -0.05) is 25.6 Å². The van der Waals surface area contributed by atoms with Gasteiger partial charge in [0.05, 0.1) is 11.1 Å². The van der Waals surface area contributed by atoms with E-state index in [4.69, 9.17) is 4.98 Å². The third-order valence-electron chi connectivity index (χ3n) is 6.88. The quantitative estimate of drug-likeness (QED) is 0.394. The molecule has 37 heavy (non-hydrogen) atoms. The second kappa shape index (κ2) is 12.6. The van der Waals surface area contributed by atoms with E-state index in [9.17, 15) is 4.79 Å². The number of hydrogen-bond donors (Lipinski definition) is 2. The fraction of sp³-hybridized carbons (Fsp3) is 0.367. The summed E-state index contributed by atoms with van der Waals surface area (Å²) in [6.07, 6.45) is 8.32. The number of aliphatic imine (C=N–C) groups is 1. The lowest BCUT2D eigenvalue weighted by molar-refractivity contribution is 0.279. The summed E-state index contributed by atoms with van der Waals surface area (Å²) in [4.78, 5) is 29.6. The Bertz CT molecular complexity index is 1340. The first-order chi connectivity index (χ1) is 17.9. The fourth-order valence-electron chi connectivity index (χ4n) is 4.42. The number of rotatable bonds is 9. The monoisotopic (exact) mass is 498 g/mol. The van der Waals surface area contributed by atoms with Crippen molar-refractivity contribution in [2.24, 2.45) is 4.99 Å². The molecule has 1 aliphatic heterocycles. The minimum absolute atomic E-state index is 0.169. The molecule has 194 valence electrons. The van der Waals surface area contributed by atoms with Crippen molar-refractivity contribution in [3.63, 3.8) is 0 Å². The van der Waals surface area contributed by atoms with E-state index in [2.05, 4.69) is 63.0 Å². The van der Waals surface area contributed by atoms with Gasteiger partial charge in [0.1, 0.15) is 5.82 Å². The van der Waals surface area contributed by atoms with Crippen LogP contribution < -0.4 is 10.9 Å². The maximum absolute atomic E-state index is 12.7. The first kappa shape index (κ1) is 26.5. The highest BCUT2D eigenvalue weighted by Gasteiger charge is 2.13. The first-order valence-electron chi connectivity index (χ1n) is 13.1. The lowest BCUT2D eigenvalue weighted by Crippen LogP contribution is -2.30. The molecule has 2 aromatic heterocycles. The zero-order chi connectivity index (χ0) is 26.2. The summed E-state index contributed by atoms with van der Waals surface area (Å²) >= 11 is 0. The molecule has 1 saturated heterocycles. The van der Waals surface area contributed by atoms with Crippen LogP contribution in [0.5, 0.6) is 0 Å². The predicted molar refractivity (Wildman–Crippen MR) is 156 cm³/mol. The van der Waals surface area contributed by atoms with Crippen LogP contribution >= 0.6 is 0 Å². The van der Waals surface area contributed by atoms with Gasteiger partial charge < -0.3 is 20.1 Å². The normalized spacial score (nSPS) is 15.8. The Morgan fingerprint density at radius 3 is 2.78 bits per heavy atom. The number of anilines is 2. The van der Waals surface area contributed by atoms with Crippen molar-refractivity contribution >= 4 is 34.1 Å². The summed E-state index contributed by atoms with van der Waals surface area (Å²) in [7, 11) is 2.20. The number of nitrogens with one attached hydrogen (secondary N) is 2. The average Bonchev–Trinajstić information content (AvgIpc) is 3.11. The molecule has 0 atom stereocenters. The molecule has 0 saturated carbocycles. The number of likely N-dealkylation sites (N-methyl/N-ethyl adjacent to an activating group) is 1.